The summed E-state index contributed by atoms with van der Waals surface area (Å²) >= 11 is 11.5. The number of phenolic OH excluding ortho intramolecular Hbond substituents is 1. The van der Waals surface area contributed by atoms with E-state index in [2.05, 4.69) is 4.98 Å². The summed E-state index contributed by atoms with van der Waals surface area (Å²) < 4.78 is 13.4. The molecule has 1 aromatic carbocycles. The Morgan fingerprint density at radius 2 is 1.78 bits per heavy atom. The SMILES string of the molecule is Nc1c(Cl)c(F)nc(-c2ccccc2O)c1Cl.[NaH]. The molecule has 0 radical (unpaired) electrons. The molecule has 0 aliphatic heterocycles. The number of anilines is 1. The van der Waals surface area contributed by atoms with Gasteiger partial charge < -0.3 is 10.8 Å². The average Bonchev–Trinajstić information content (AvgIpc) is 2.32. The van der Waals surface area contributed by atoms with E-state index in [0.717, 1.165) is 0 Å². The zero-order valence-corrected chi connectivity index (χ0v) is 9.93. The van der Waals surface area contributed by atoms with Crippen LogP contribution in [0.15, 0.2) is 24.3 Å². The summed E-state index contributed by atoms with van der Waals surface area (Å²) in [5.74, 6) is -0.991. The maximum atomic E-state index is 13.4. The van der Waals surface area contributed by atoms with E-state index in [1.807, 2.05) is 0 Å². The van der Waals surface area contributed by atoms with Gasteiger partial charge in [-0.1, -0.05) is 35.3 Å². The van der Waals surface area contributed by atoms with Gasteiger partial charge in [0.1, 0.15) is 10.8 Å². The maximum absolute atomic E-state index is 13.4. The van der Waals surface area contributed by atoms with E-state index in [-0.39, 0.29) is 56.7 Å². The molecule has 0 bridgehead atoms. The fourth-order valence-electron chi connectivity index (χ4n) is 1.38. The van der Waals surface area contributed by atoms with Gasteiger partial charge in [0, 0.05) is 5.56 Å². The summed E-state index contributed by atoms with van der Waals surface area (Å²) in [4.78, 5) is 3.59. The van der Waals surface area contributed by atoms with Crippen LogP contribution in [0.25, 0.3) is 11.3 Å². The fraction of sp³-hybridized carbons (Fsp3) is 0. The number of pyridine rings is 1. The summed E-state index contributed by atoms with van der Waals surface area (Å²) in [6.45, 7) is 0. The molecule has 3 N–H and O–H groups in total. The number of aromatic hydroxyl groups is 1. The molecule has 3 nitrogen and oxygen atoms in total. The standard InChI is InChI=1S/C11H7Cl2FN2O.Na.H/c12-7-9(15)8(13)11(14)16-10(7)5-3-1-2-4-6(5)17;;/h1-4,17H,(H2,15,16);;. The molecule has 18 heavy (non-hydrogen) atoms. The van der Waals surface area contributed by atoms with E-state index in [4.69, 9.17) is 28.9 Å². The molecule has 0 aliphatic rings. The molecule has 2 aromatic rings. The predicted molar refractivity (Wildman–Crippen MR) is 72.9 cm³/mol. The molecule has 0 spiro atoms. The first-order chi connectivity index (χ1) is 8.02. The Bertz CT molecular complexity index is 595. The number of hydrogen-bond acceptors (Lipinski definition) is 3. The minimum absolute atomic E-state index is 0. The molecule has 2 rings (SSSR count). The second kappa shape index (κ2) is 6.08. The zero-order valence-electron chi connectivity index (χ0n) is 8.42. The third kappa shape index (κ3) is 2.73. The van der Waals surface area contributed by atoms with Gasteiger partial charge in [0.05, 0.1) is 16.4 Å². The number of nitrogens with two attached hydrogens (primary N) is 1. The Morgan fingerprint density at radius 3 is 2.39 bits per heavy atom. The third-order valence-electron chi connectivity index (χ3n) is 2.23. The Morgan fingerprint density at radius 1 is 1.17 bits per heavy atom. The summed E-state index contributed by atoms with van der Waals surface area (Å²) in [7, 11) is 0. The molecule has 0 atom stereocenters. The van der Waals surface area contributed by atoms with Crippen LogP contribution in [0.2, 0.25) is 10.0 Å². The Kier molecular flexibility index (Phi) is 5.25. The first-order valence-electron chi connectivity index (χ1n) is 4.60. The number of nitrogen functional groups attached to an aromatic ring is 1. The van der Waals surface area contributed by atoms with Gasteiger partial charge in [-0.05, 0) is 12.1 Å². The number of nitrogens with zero attached hydrogens (tertiary/aromatic N) is 1. The summed E-state index contributed by atoms with van der Waals surface area (Å²) in [6, 6.07) is 6.28. The number of aromatic nitrogens is 1. The van der Waals surface area contributed by atoms with E-state index in [9.17, 15) is 9.50 Å². The minimum atomic E-state index is -0.924. The van der Waals surface area contributed by atoms with Crippen LogP contribution < -0.4 is 5.73 Å². The first-order valence-corrected chi connectivity index (χ1v) is 5.36. The van der Waals surface area contributed by atoms with Crippen molar-refractivity contribution in [2.45, 2.75) is 0 Å². The Labute approximate surface area is 135 Å². The molecule has 0 saturated heterocycles. The molecule has 0 aliphatic carbocycles. The van der Waals surface area contributed by atoms with Gasteiger partial charge in [0.15, 0.2) is 0 Å². The van der Waals surface area contributed by atoms with Crippen molar-refractivity contribution < 1.29 is 9.50 Å². The molecule has 1 aromatic heterocycles. The molecule has 1 heterocycles. The van der Waals surface area contributed by atoms with Crippen LogP contribution >= 0.6 is 23.2 Å². The quantitative estimate of drug-likeness (QED) is 0.628. The van der Waals surface area contributed by atoms with Crippen molar-refractivity contribution >= 4 is 58.4 Å². The fourth-order valence-corrected chi connectivity index (χ4v) is 1.81. The summed E-state index contributed by atoms with van der Waals surface area (Å²) in [5.41, 5.74) is 5.80. The van der Waals surface area contributed by atoms with Crippen molar-refractivity contribution in [2.24, 2.45) is 0 Å². The van der Waals surface area contributed by atoms with E-state index >= 15 is 0 Å². The summed E-state index contributed by atoms with van der Waals surface area (Å²) in [5, 5.41) is 9.33. The molecule has 0 amide bonds. The van der Waals surface area contributed by atoms with Crippen LogP contribution in [0.3, 0.4) is 0 Å². The van der Waals surface area contributed by atoms with Crippen molar-refractivity contribution in [3.8, 4) is 17.0 Å². The normalized spacial score (nSPS) is 9.94. The molecule has 0 saturated carbocycles. The number of hydrogen-bond donors (Lipinski definition) is 2. The van der Waals surface area contributed by atoms with Crippen LogP contribution in [0.5, 0.6) is 5.75 Å². The van der Waals surface area contributed by atoms with Crippen LogP contribution in [0.4, 0.5) is 10.1 Å². The van der Waals surface area contributed by atoms with Crippen molar-refractivity contribution in [2.75, 3.05) is 5.73 Å². The monoisotopic (exact) mass is 296 g/mol. The second-order valence-electron chi connectivity index (χ2n) is 3.31. The predicted octanol–water partition coefficient (Wildman–Crippen LogP) is 2.83. The van der Waals surface area contributed by atoms with Crippen LogP contribution in [-0.2, 0) is 0 Å². The second-order valence-corrected chi connectivity index (χ2v) is 4.07. The van der Waals surface area contributed by atoms with E-state index in [1.54, 1.807) is 18.2 Å². The number of phenols is 1. The van der Waals surface area contributed by atoms with Gasteiger partial charge >= 0.3 is 29.6 Å². The third-order valence-corrected chi connectivity index (χ3v) is 2.97. The van der Waals surface area contributed by atoms with Crippen molar-refractivity contribution in [3.63, 3.8) is 0 Å². The topological polar surface area (TPSA) is 59.1 Å². The van der Waals surface area contributed by atoms with E-state index in [0.29, 0.717) is 5.56 Å². The van der Waals surface area contributed by atoms with E-state index in [1.165, 1.54) is 6.07 Å². The molecular weight excluding hydrogens is 289 g/mol. The number of benzene rings is 1. The van der Waals surface area contributed by atoms with Crippen molar-refractivity contribution in [3.05, 3.63) is 40.3 Å². The first kappa shape index (κ1) is 15.5. The van der Waals surface area contributed by atoms with Gasteiger partial charge in [0.2, 0.25) is 5.95 Å². The Hall–Kier alpha value is -0.520. The van der Waals surface area contributed by atoms with Crippen LogP contribution in [0.1, 0.15) is 0 Å². The van der Waals surface area contributed by atoms with Gasteiger partial charge in [0.25, 0.3) is 0 Å². The van der Waals surface area contributed by atoms with Gasteiger partial charge in [-0.2, -0.15) is 4.39 Å². The van der Waals surface area contributed by atoms with Gasteiger partial charge in [-0.15, -0.1) is 0 Å². The summed E-state index contributed by atoms with van der Waals surface area (Å²) in [6.07, 6.45) is 0. The molecule has 0 fully saturated rings. The molecule has 0 unspecified atom stereocenters. The molecule has 90 valence electrons. The number of rotatable bonds is 1. The average molecular weight is 297 g/mol. The van der Waals surface area contributed by atoms with Gasteiger partial charge in [-0.25, -0.2) is 4.98 Å². The van der Waals surface area contributed by atoms with Crippen LogP contribution in [-0.4, -0.2) is 39.6 Å². The van der Waals surface area contributed by atoms with E-state index < -0.39 is 5.95 Å². The van der Waals surface area contributed by atoms with Crippen molar-refractivity contribution in [1.82, 2.24) is 4.98 Å². The van der Waals surface area contributed by atoms with Crippen LogP contribution in [0, 0.1) is 5.95 Å². The number of halogens is 3. The molecule has 7 heteroatoms. The Balaban J connectivity index is 0.00000162. The number of para-hydroxylation sites is 1. The molecular formula is C11H8Cl2FN2NaO. The van der Waals surface area contributed by atoms with Crippen molar-refractivity contribution in [1.29, 1.82) is 0 Å². The zero-order chi connectivity index (χ0) is 12.6. The van der Waals surface area contributed by atoms with Gasteiger partial charge in [-0.3, -0.25) is 0 Å².